The van der Waals surface area contributed by atoms with Crippen molar-refractivity contribution < 1.29 is 28.6 Å². The topological polar surface area (TPSA) is 78.9 Å². The molecule has 0 aromatic heterocycles. The van der Waals surface area contributed by atoms with Gasteiger partial charge in [-0.1, -0.05) is 266 Å². The predicted molar refractivity (Wildman–Crippen MR) is 261 cm³/mol. The van der Waals surface area contributed by atoms with E-state index in [1.807, 2.05) is 0 Å². The van der Waals surface area contributed by atoms with Gasteiger partial charge in [-0.25, -0.2) is 0 Å². The fraction of sp³-hybridized carbons (Fsp3) is 0.945. The molecule has 0 fully saturated rings. The molecule has 362 valence electrons. The monoisotopic (exact) mass is 863 g/mol. The van der Waals surface area contributed by atoms with E-state index in [1.54, 1.807) is 0 Å². The van der Waals surface area contributed by atoms with Crippen molar-refractivity contribution >= 4 is 17.9 Å². The molecule has 1 unspecified atom stereocenters. The van der Waals surface area contributed by atoms with E-state index in [2.05, 4.69) is 34.6 Å². The third kappa shape index (κ3) is 47.7. The molecule has 0 aliphatic rings. The Morgan fingerprint density at radius 1 is 0.344 bits per heavy atom. The van der Waals surface area contributed by atoms with Crippen molar-refractivity contribution in [2.24, 2.45) is 11.8 Å². The number of rotatable bonds is 49. The van der Waals surface area contributed by atoms with Gasteiger partial charge in [-0.05, 0) is 31.1 Å². The van der Waals surface area contributed by atoms with Gasteiger partial charge in [0.1, 0.15) is 13.2 Å². The lowest BCUT2D eigenvalue weighted by Gasteiger charge is -2.18. The summed E-state index contributed by atoms with van der Waals surface area (Å²) in [7, 11) is 0. The van der Waals surface area contributed by atoms with Crippen molar-refractivity contribution in [2.45, 2.75) is 310 Å². The van der Waals surface area contributed by atoms with Crippen LogP contribution in [0, 0.1) is 11.8 Å². The van der Waals surface area contributed by atoms with E-state index in [9.17, 15) is 14.4 Å². The first-order chi connectivity index (χ1) is 29.8. The van der Waals surface area contributed by atoms with Crippen LogP contribution in [0.25, 0.3) is 0 Å². The number of carbonyl (C=O) groups excluding carboxylic acids is 3. The Kier molecular flexibility index (Phi) is 46.6. The summed E-state index contributed by atoms with van der Waals surface area (Å²) in [5.74, 6) is 0.822. The largest absolute Gasteiger partial charge is 0.462 e. The molecule has 0 radical (unpaired) electrons. The van der Waals surface area contributed by atoms with E-state index in [0.717, 1.165) is 69.6 Å². The molecule has 61 heavy (non-hydrogen) atoms. The third-order valence-electron chi connectivity index (χ3n) is 12.8. The molecule has 0 saturated heterocycles. The molecule has 0 aliphatic carbocycles. The van der Waals surface area contributed by atoms with Gasteiger partial charge in [0, 0.05) is 19.3 Å². The van der Waals surface area contributed by atoms with Crippen LogP contribution in [0.3, 0.4) is 0 Å². The summed E-state index contributed by atoms with van der Waals surface area (Å²) >= 11 is 0. The minimum absolute atomic E-state index is 0.0642. The first-order valence-electron chi connectivity index (χ1n) is 27.3. The van der Waals surface area contributed by atoms with Crippen molar-refractivity contribution in [3.63, 3.8) is 0 Å². The van der Waals surface area contributed by atoms with E-state index in [0.29, 0.717) is 19.3 Å². The van der Waals surface area contributed by atoms with E-state index in [-0.39, 0.29) is 31.1 Å². The molecule has 2 atom stereocenters. The Balaban J connectivity index is 4.18. The van der Waals surface area contributed by atoms with E-state index < -0.39 is 6.10 Å². The maximum absolute atomic E-state index is 12.8. The molecule has 0 aromatic rings. The van der Waals surface area contributed by atoms with Crippen LogP contribution in [0.1, 0.15) is 304 Å². The van der Waals surface area contributed by atoms with Gasteiger partial charge in [0.25, 0.3) is 0 Å². The molecular formula is C55H106O6. The summed E-state index contributed by atoms with van der Waals surface area (Å²) in [5, 5.41) is 0. The second-order valence-electron chi connectivity index (χ2n) is 19.6. The first kappa shape index (κ1) is 59.4. The summed E-state index contributed by atoms with van der Waals surface area (Å²) in [6.45, 7) is 11.4. The molecule has 0 saturated carbocycles. The van der Waals surface area contributed by atoms with Gasteiger partial charge in [-0.3, -0.25) is 14.4 Å². The van der Waals surface area contributed by atoms with Crippen LogP contribution in [-0.2, 0) is 28.6 Å². The molecule has 0 aromatic carbocycles. The lowest BCUT2D eigenvalue weighted by atomic mass is 9.99. The molecule has 0 rings (SSSR count). The van der Waals surface area contributed by atoms with Crippen LogP contribution < -0.4 is 0 Å². The predicted octanol–water partition coefficient (Wildman–Crippen LogP) is 17.7. The van der Waals surface area contributed by atoms with E-state index >= 15 is 0 Å². The van der Waals surface area contributed by atoms with Crippen molar-refractivity contribution in [2.75, 3.05) is 13.2 Å². The quantitative estimate of drug-likeness (QED) is 0.0344. The van der Waals surface area contributed by atoms with Crippen LogP contribution in [0.5, 0.6) is 0 Å². The second kappa shape index (κ2) is 47.9. The highest BCUT2D eigenvalue weighted by Crippen LogP contribution is 2.18. The Bertz CT molecular complexity index is 933. The Morgan fingerprint density at radius 3 is 0.934 bits per heavy atom. The van der Waals surface area contributed by atoms with Crippen molar-refractivity contribution in [1.29, 1.82) is 0 Å². The highest BCUT2D eigenvalue weighted by Gasteiger charge is 2.19. The van der Waals surface area contributed by atoms with Gasteiger partial charge in [0.2, 0.25) is 0 Å². The average Bonchev–Trinajstić information content (AvgIpc) is 3.24. The molecular weight excluding hydrogens is 757 g/mol. The van der Waals surface area contributed by atoms with Crippen molar-refractivity contribution in [3.05, 3.63) is 0 Å². The zero-order valence-electron chi connectivity index (χ0n) is 41.8. The number of ether oxygens (including phenoxy) is 3. The second-order valence-corrected chi connectivity index (χ2v) is 19.6. The van der Waals surface area contributed by atoms with Crippen molar-refractivity contribution in [1.82, 2.24) is 0 Å². The molecule has 0 heterocycles. The van der Waals surface area contributed by atoms with Crippen LogP contribution in [-0.4, -0.2) is 37.2 Å². The summed E-state index contributed by atoms with van der Waals surface area (Å²) in [4.78, 5) is 37.9. The zero-order valence-corrected chi connectivity index (χ0v) is 41.8. The molecule has 0 amide bonds. The van der Waals surface area contributed by atoms with Crippen LogP contribution in [0.2, 0.25) is 0 Å². The first-order valence-corrected chi connectivity index (χ1v) is 27.3. The Hall–Kier alpha value is -1.59. The molecule has 0 bridgehead atoms. The molecule has 0 N–H and O–H groups in total. The number of hydrogen-bond donors (Lipinski definition) is 0. The van der Waals surface area contributed by atoms with Gasteiger partial charge in [0.15, 0.2) is 6.10 Å². The van der Waals surface area contributed by atoms with Crippen LogP contribution in [0.15, 0.2) is 0 Å². The van der Waals surface area contributed by atoms with Crippen molar-refractivity contribution in [3.8, 4) is 0 Å². The van der Waals surface area contributed by atoms with Gasteiger partial charge >= 0.3 is 17.9 Å². The number of unbranched alkanes of at least 4 members (excludes halogenated alkanes) is 33. The fourth-order valence-corrected chi connectivity index (χ4v) is 8.31. The van der Waals surface area contributed by atoms with Gasteiger partial charge in [-0.2, -0.15) is 0 Å². The lowest BCUT2D eigenvalue weighted by Crippen LogP contribution is -2.30. The summed E-state index contributed by atoms with van der Waals surface area (Å²) < 4.78 is 16.8. The summed E-state index contributed by atoms with van der Waals surface area (Å²) in [6.07, 6.45) is 49.6. The molecule has 6 nitrogen and oxygen atoms in total. The standard InChI is InChI=1S/C55H106O6/c1-6-8-9-10-11-12-13-23-26-29-35-40-45-53(56)59-48-52(49-60-54(57)46-41-36-32-31-33-38-43-50(3)4)61-55(58)47-42-37-30-27-24-21-19-17-15-14-16-18-20-22-25-28-34-39-44-51(5)7-2/h50-52H,6-49H2,1-5H3/t51?,52-/m1/s1. The van der Waals surface area contributed by atoms with E-state index in [4.69, 9.17) is 14.2 Å². The number of carbonyl (C=O) groups is 3. The highest BCUT2D eigenvalue weighted by atomic mass is 16.6. The average molecular weight is 863 g/mol. The highest BCUT2D eigenvalue weighted by molar-refractivity contribution is 5.71. The summed E-state index contributed by atoms with van der Waals surface area (Å²) in [6, 6.07) is 0. The van der Waals surface area contributed by atoms with Gasteiger partial charge < -0.3 is 14.2 Å². The smallest absolute Gasteiger partial charge is 0.306 e. The number of hydrogen-bond acceptors (Lipinski definition) is 6. The third-order valence-corrected chi connectivity index (χ3v) is 12.8. The summed E-state index contributed by atoms with van der Waals surface area (Å²) in [5.41, 5.74) is 0. The molecule has 0 aliphatic heterocycles. The molecule has 6 heteroatoms. The maximum atomic E-state index is 12.8. The Labute approximate surface area is 380 Å². The van der Waals surface area contributed by atoms with Gasteiger partial charge in [-0.15, -0.1) is 0 Å². The SMILES string of the molecule is CCCCCCCCCCCCCCC(=O)OC[C@H](COC(=O)CCCCCCCCC(C)C)OC(=O)CCCCCCCCCCCCCCCCCCCCC(C)CC. The Morgan fingerprint density at radius 2 is 0.623 bits per heavy atom. The maximum Gasteiger partial charge on any atom is 0.306 e. The minimum atomic E-state index is -0.762. The normalized spacial score (nSPS) is 12.5. The fourth-order valence-electron chi connectivity index (χ4n) is 8.31. The van der Waals surface area contributed by atoms with E-state index in [1.165, 1.54) is 193 Å². The van der Waals surface area contributed by atoms with Crippen LogP contribution >= 0.6 is 0 Å². The number of esters is 3. The molecule has 0 spiro atoms. The zero-order chi connectivity index (χ0) is 44.7. The lowest BCUT2D eigenvalue weighted by molar-refractivity contribution is -0.167. The minimum Gasteiger partial charge on any atom is -0.462 e. The van der Waals surface area contributed by atoms with Gasteiger partial charge in [0.05, 0.1) is 0 Å². The van der Waals surface area contributed by atoms with Crippen LogP contribution in [0.4, 0.5) is 0 Å².